The van der Waals surface area contributed by atoms with Crippen LogP contribution in [0, 0.1) is 0 Å². The van der Waals surface area contributed by atoms with Gasteiger partial charge in [0.2, 0.25) is 0 Å². The molecule has 2 aliphatic heterocycles. The maximum Gasteiger partial charge on any atom is 0.179 e. The molecule has 1 unspecified atom stereocenters. The highest BCUT2D eigenvalue weighted by Crippen LogP contribution is 2.23. The van der Waals surface area contributed by atoms with E-state index in [4.69, 9.17) is 4.74 Å². The number of sulfone groups is 1. The van der Waals surface area contributed by atoms with Gasteiger partial charge in [0, 0.05) is 19.6 Å². The molecule has 0 saturated carbocycles. The van der Waals surface area contributed by atoms with E-state index in [1.807, 2.05) is 18.2 Å². The van der Waals surface area contributed by atoms with Crippen molar-refractivity contribution in [2.45, 2.75) is 30.4 Å². The van der Waals surface area contributed by atoms with Gasteiger partial charge in [-0.05, 0) is 30.5 Å². The number of ether oxygens (including phenoxy) is 1. The average Bonchev–Trinajstić information content (AvgIpc) is 2.58. The zero-order valence-corrected chi connectivity index (χ0v) is 12.2. The maximum atomic E-state index is 12.3. The first-order valence-corrected chi connectivity index (χ1v) is 8.64. The summed E-state index contributed by atoms with van der Waals surface area (Å²) in [6.07, 6.45) is 6.00. The summed E-state index contributed by atoms with van der Waals surface area (Å²) in [5, 5.41) is 0. The minimum Gasteiger partial charge on any atom is -0.497 e. The Morgan fingerprint density at radius 2 is 2.15 bits per heavy atom. The van der Waals surface area contributed by atoms with Crippen molar-refractivity contribution in [2.75, 3.05) is 18.8 Å². The van der Waals surface area contributed by atoms with Crippen molar-refractivity contribution >= 4 is 9.84 Å². The van der Waals surface area contributed by atoms with Gasteiger partial charge in [-0.3, -0.25) is 4.90 Å². The zero-order chi connectivity index (χ0) is 14.0. The monoisotopic (exact) mass is 293 g/mol. The fourth-order valence-electron chi connectivity index (χ4n) is 2.78. The summed E-state index contributed by atoms with van der Waals surface area (Å²) in [7, 11) is -3.15. The molecule has 1 atom stereocenters. The van der Waals surface area contributed by atoms with Gasteiger partial charge in [0.15, 0.2) is 9.84 Å². The lowest BCUT2D eigenvalue weighted by Gasteiger charge is -2.27. The van der Waals surface area contributed by atoms with Crippen LogP contribution < -0.4 is 0 Å². The molecule has 2 aliphatic rings. The number of nitrogens with zero attached hydrogens (tertiary/aromatic N) is 1. The second kappa shape index (κ2) is 5.58. The topological polar surface area (TPSA) is 46.6 Å². The molecule has 0 amide bonds. The summed E-state index contributed by atoms with van der Waals surface area (Å²) in [5.41, 5.74) is 0.899. The Labute approximate surface area is 120 Å². The van der Waals surface area contributed by atoms with Crippen LogP contribution in [0.3, 0.4) is 0 Å². The van der Waals surface area contributed by atoms with E-state index in [-0.39, 0.29) is 11.9 Å². The maximum absolute atomic E-state index is 12.3. The summed E-state index contributed by atoms with van der Waals surface area (Å²) >= 11 is 0. The Balaban J connectivity index is 1.79. The van der Waals surface area contributed by atoms with Gasteiger partial charge >= 0.3 is 0 Å². The minimum atomic E-state index is -3.15. The van der Waals surface area contributed by atoms with Gasteiger partial charge in [0.05, 0.1) is 16.9 Å². The van der Waals surface area contributed by atoms with E-state index in [9.17, 15) is 8.42 Å². The molecular weight excluding hydrogens is 274 g/mol. The van der Waals surface area contributed by atoms with Gasteiger partial charge in [-0.2, -0.15) is 0 Å². The van der Waals surface area contributed by atoms with E-state index in [0.29, 0.717) is 18.0 Å². The van der Waals surface area contributed by atoms with Crippen molar-refractivity contribution in [1.29, 1.82) is 0 Å². The standard InChI is InChI=1S/C15H19NO3S/c17-20(18)10-8-16(12-14-6-3-4-9-19-14)11-13-5-1-2-7-15(13)20/h1-2,4-5,7,9,14H,3,6,8,10-12H2. The summed E-state index contributed by atoms with van der Waals surface area (Å²) in [6.45, 7) is 2.04. The molecule has 2 heterocycles. The summed E-state index contributed by atoms with van der Waals surface area (Å²) in [5.74, 6) is 0.187. The van der Waals surface area contributed by atoms with Crippen LogP contribution >= 0.6 is 0 Å². The molecule has 20 heavy (non-hydrogen) atoms. The van der Waals surface area contributed by atoms with Gasteiger partial charge < -0.3 is 4.74 Å². The third kappa shape index (κ3) is 2.88. The fourth-order valence-corrected chi connectivity index (χ4v) is 4.32. The molecule has 0 spiro atoms. The second-order valence-corrected chi connectivity index (χ2v) is 7.45. The molecule has 108 valence electrons. The third-order valence-electron chi connectivity index (χ3n) is 3.86. The molecule has 1 aromatic rings. The van der Waals surface area contributed by atoms with Gasteiger partial charge in [-0.15, -0.1) is 0 Å². The van der Waals surface area contributed by atoms with Crippen molar-refractivity contribution in [3.8, 4) is 0 Å². The Bertz CT molecular complexity index is 609. The molecule has 0 saturated heterocycles. The lowest BCUT2D eigenvalue weighted by atomic mass is 10.1. The number of rotatable bonds is 2. The Morgan fingerprint density at radius 1 is 1.30 bits per heavy atom. The molecular formula is C15H19NO3S. The highest BCUT2D eigenvalue weighted by atomic mass is 32.2. The lowest BCUT2D eigenvalue weighted by Crippen LogP contribution is -2.35. The number of hydrogen-bond acceptors (Lipinski definition) is 4. The molecule has 5 heteroatoms. The van der Waals surface area contributed by atoms with E-state index in [1.165, 1.54) is 0 Å². The van der Waals surface area contributed by atoms with E-state index in [1.54, 1.807) is 18.4 Å². The Hall–Kier alpha value is -1.33. The van der Waals surface area contributed by atoms with Crippen molar-refractivity contribution in [1.82, 2.24) is 4.90 Å². The van der Waals surface area contributed by atoms with Gasteiger partial charge in [0.25, 0.3) is 0 Å². The summed E-state index contributed by atoms with van der Waals surface area (Å²) in [4.78, 5) is 2.68. The zero-order valence-electron chi connectivity index (χ0n) is 11.4. The summed E-state index contributed by atoms with van der Waals surface area (Å²) < 4.78 is 30.1. The smallest absolute Gasteiger partial charge is 0.179 e. The summed E-state index contributed by atoms with van der Waals surface area (Å²) in [6, 6.07) is 7.32. The minimum absolute atomic E-state index is 0.174. The van der Waals surface area contributed by atoms with Crippen LogP contribution in [-0.4, -0.2) is 38.3 Å². The molecule has 0 bridgehead atoms. The van der Waals surface area contributed by atoms with E-state index in [2.05, 4.69) is 4.90 Å². The van der Waals surface area contributed by atoms with Crippen LogP contribution in [0.2, 0.25) is 0 Å². The molecule has 4 nitrogen and oxygen atoms in total. The highest BCUT2D eigenvalue weighted by molar-refractivity contribution is 7.91. The molecule has 0 radical (unpaired) electrons. The first-order chi connectivity index (χ1) is 9.65. The molecule has 0 aromatic heterocycles. The SMILES string of the molecule is O=S1(=O)CCN(CC2CCC=CO2)Cc2ccccc21. The first kappa shape index (κ1) is 13.6. The molecule has 3 rings (SSSR count). The van der Waals surface area contributed by atoms with Crippen molar-refractivity contribution in [3.05, 3.63) is 42.2 Å². The fraction of sp³-hybridized carbons (Fsp3) is 0.467. The van der Waals surface area contributed by atoms with Crippen LogP contribution in [0.5, 0.6) is 0 Å². The van der Waals surface area contributed by atoms with Gasteiger partial charge in [0.1, 0.15) is 6.10 Å². The number of fused-ring (bicyclic) bond motifs is 1. The van der Waals surface area contributed by atoms with Crippen molar-refractivity contribution in [3.63, 3.8) is 0 Å². The van der Waals surface area contributed by atoms with Crippen molar-refractivity contribution in [2.24, 2.45) is 0 Å². The number of hydrogen-bond donors (Lipinski definition) is 0. The van der Waals surface area contributed by atoms with Crippen LogP contribution in [0.4, 0.5) is 0 Å². The molecule has 0 aliphatic carbocycles. The number of allylic oxidation sites excluding steroid dienone is 1. The average molecular weight is 293 g/mol. The second-order valence-electron chi connectivity index (χ2n) is 5.37. The molecule has 1 aromatic carbocycles. The van der Waals surface area contributed by atoms with Crippen LogP contribution in [0.25, 0.3) is 0 Å². The predicted molar refractivity (Wildman–Crippen MR) is 77.0 cm³/mol. The van der Waals surface area contributed by atoms with E-state index < -0.39 is 9.84 Å². The van der Waals surface area contributed by atoms with E-state index >= 15 is 0 Å². The highest BCUT2D eigenvalue weighted by Gasteiger charge is 2.26. The van der Waals surface area contributed by atoms with E-state index in [0.717, 1.165) is 24.9 Å². The first-order valence-electron chi connectivity index (χ1n) is 6.99. The Morgan fingerprint density at radius 3 is 2.95 bits per heavy atom. The largest absolute Gasteiger partial charge is 0.497 e. The predicted octanol–water partition coefficient (Wildman–Crippen LogP) is 1.97. The molecule has 0 N–H and O–H groups in total. The van der Waals surface area contributed by atoms with Crippen LogP contribution in [0.1, 0.15) is 18.4 Å². The molecule has 0 fully saturated rings. The quantitative estimate of drug-likeness (QED) is 0.836. The van der Waals surface area contributed by atoms with Crippen molar-refractivity contribution < 1.29 is 13.2 Å². The Kier molecular flexibility index (Phi) is 3.81. The normalized spacial score (nSPS) is 25.5. The van der Waals surface area contributed by atoms with Crippen LogP contribution in [-0.2, 0) is 21.1 Å². The van der Waals surface area contributed by atoms with Gasteiger partial charge in [-0.25, -0.2) is 8.42 Å². The third-order valence-corrected chi connectivity index (χ3v) is 5.65. The number of benzene rings is 1. The van der Waals surface area contributed by atoms with Crippen LogP contribution in [0.15, 0.2) is 41.5 Å². The lowest BCUT2D eigenvalue weighted by molar-refractivity contribution is 0.0785. The van der Waals surface area contributed by atoms with Gasteiger partial charge in [-0.1, -0.05) is 18.2 Å².